The van der Waals surface area contributed by atoms with Crippen LogP contribution in [-0.2, 0) is 4.74 Å². The van der Waals surface area contributed by atoms with E-state index in [0.29, 0.717) is 16.6 Å². The second-order valence-corrected chi connectivity index (χ2v) is 5.38. The molecule has 0 bridgehead atoms. The van der Waals surface area contributed by atoms with Gasteiger partial charge in [0.05, 0.1) is 0 Å². The second kappa shape index (κ2) is 6.25. The molecule has 1 fully saturated rings. The van der Waals surface area contributed by atoms with Crippen molar-refractivity contribution in [1.29, 1.82) is 0 Å². The molecule has 2 heterocycles. The van der Waals surface area contributed by atoms with Crippen LogP contribution in [0.15, 0.2) is 6.07 Å². The Bertz CT molecular complexity index is 458. The highest BCUT2D eigenvalue weighted by atomic mass is 32.1. The number of aryl methyl sites for hydroxylation is 1. The van der Waals surface area contributed by atoms with E-state index in [0.717, 1.165) is 44.2 Å². The lowest BCUT2D eigenvalue weighted by Crippen LogP contribution is -2.36. The van der Waals surface area contributed by atoms with Gasteiger partial charge in [-0.05, 0) is 31.7 Å². The van der Waals surface area contributed by atoms with Crippen LogP contribution in [0.25, 0.3) is 0 Å². The van der Waals surface area contributed by atoms with Gasteiger partial charge in [0.15, 0.2) is 0 Å². The van der Waals surface area contributed by atoms with Crippen LogP contribution in [0, 0.1) is 12.8 Å². The van der Waals surface area contributed by atoms with Crippen LogP contribution < -0.4 is 10.6 Å². The maximum absolute atomic E-state index is 5.65. The first-order valence-corrected chi connectivity index (χ1v) is 6.90. The molecule has 1 aromatic heterocycles. The topological polar surface area (TPSA) is 64.3 Å². The lowest BCUT2D eigenvalue weighted by Gasteiger charge is -2.31. The van der Waals surface area contributed by atoms with Gasteiger partial charge in [-0.15, -0.1) is 0 Å². The molecule has 1 aliphatic heterocycles. The zero-order chi connectivity index (χ0) is 13.8. The summed E-state index contributed by atoms with van der Waals surface area (Å²) in [6.07, 6.45) is 2.21. The summed E-state index contributed by atoms with van der Waals surface area (Å²) < 4.78 is 5.21. The Labute approximate surface area is 119 Å². The first kappa shape index (κ1) is 14.1. The lowest BCUT2D eigenvalue weighted by atomic mass is 9.98. The zero-order valence-corrected chi connectivity index (χ0v) is 12.2. The molecule has 0 amide bonds. The third-order valence-corrected chi connectivity index (χ3v) is 3.60. The molecule has 104 valence electrons. The number of anilines is 1. The van der Waals surface area contributed by atoms with Crippen LogP contribution in [0.5, 0.6) is 0 Å². The molecule has 0 spiro atoms. The Balaban J connectivity index is 2.09. The summed E-state index contributed by atoms with van der Waals surface area (Å²) in [5.41, 5.74) is 7.19. The van der Waals surface area contributed by atoms with Gasteiger partial charge in [-0.1, -0.05) is 12.2 Å². The molecule has 5 nitrogen and oxygen atoms in total. The van der Waals surface area contributed by atoms with Gasteiger partial charge in [0.25, 0.3) is 0 Å². The number of nitrogens with zero attached hydrogens (tertiary/aromatic N) is 3. The van der Waals surface area contributed by atoms with E-state index in [1.807, 2.05) is 13.0 Å². The van der Waals surface area contributed by atoms with E-state index in [4.69, 9.17) is 22.7 Å². The number of thiocarbonyl (C=S) groups is 1. The molecule has 0 atom stereocenters. The van der Waals surface area contributed by atoms with E-state index in [-0.39, 0.29) is 0 Å². The van der Waals surface area contributed by atoms with E-state index in [9.17, 15) is 0 Å². The van der Waals surface area contributed by atoms with E-state index >= 15 is 0 Å². The molecule has 0 unspecified atom stereocenters. The predicted molar refractivity (Wildman–Crippen MR) is 79.5 cm³/mol. The summed E-state index contributed by atoms with van der Waals surface area (Å²) in [5, 5.41) is 0. The van der Waals surface area contributed by atoms with Gasteiger partial charge < -0.3 is 15.4 Å². The Morgan fingerprint density at radius 1 is 1.47 bits per heavy atom. The molecule has 1 saturated heterocycles. The van der Waals surface area contributed by atoms with Crippen molar-refractivity contribution in [1.82, 2.24) is 9.97 Å². The minimum Gasteiger partial charge on any atom is -0.388 e. The van der Waals surface area contributed by atoms with Crippen molar-refractivity contribution in [3.05, 3.63) is 17.5 Å². The number of methoxy groups -OCH3 is 1. The highest BCUT2D eigenvalue weighted by molar-refractivity contribution is 7.80. The molecular weight excluding hydrogens is 260 g/mol. The van der Waals surface area contributed by atoms with Gasteiger partial charge in [0.1, 0.15) is 10.7 Å². The minimum atomic E-state index is 0.320. The molecule has 0 aromatic carbocycles. The molecule has 0 radical (unpaired) electrons. The van der Waals surface area contributed by atoms with Gasteiger partial charge in [-0.2, -0.15) is 0 Å². The normalized spacial score (nSPS) is 16.6. The van der Waals surface area contributed by atoms with Crippen molar-refractivity contribution in [3.8, 4) is 0 Å². The third kappa shape index (κ3) is 3.61. The van der Waals surface area contributed by atoms with Crippen LogP contribution in [0.1, 0.15) is 24.2 Å². The van der Waals surface area contributed by atoms with Gasteiger partial charge in [0.2, 0.25) is 5.95 Å². The Morgan fingerprint density at radius 2 is 2.16 bits per heavy atom. The van der Waals surface area contributed by atoms with Crippen molar-refractivity contribution < 1.29 is 4.74 Å². The summed E-state index contributed by atoms with van der Waals surface area (Å²) in [7, 11) is 1.75. The van der Waals surface area contributed by atoms with E-state index in [1.54, 1.807) is 7.11 Å². The summed E-state index contributed by atoms with van der Waals surface area (Å²) in [6.45, 7) is 4.67. The molecule has 0 aliphatic carbocycles. The fraction of sp³-hybridized carbons (Fsp3) is 0.615. The Hall–Kier alpha value is -1.27. The summed E-state index contributed by atoms with van der Waals surface area (Å²) in [5.74, 6) is 1.37. The first-order valence-electron chi connectivity index (χ1n) is 6.49. The number of piperidine rings is 1. The van der Waals surface area contributed by atoms with Crippen molar-refractivity contribution in [2.24, 2.45) is 11.7 Å². The first-order chi connectivity index (χ1) is 9.10. The molecular formula is C13H20N4OS. The third-order valence-electron chi connectivity index (χ3n) is 3.39. The zero-order valence-electron chi connectivity index (χ0n) is 11.4. The van der Waals surface area contributed by atoms with Crippen LogP contribution in [-0.4, -0.2) is 41.8 Å². The highest BCUT2D eigenvalue weighted by Gasteiger charge is 2.21. The predicted octanol–water partition coefficient (Wildman–Crippen LogP) is 1.28. The second-order valence-electron chi connectivity index (χ2n) is 4.94. The number of hydrogen-bond donors (Lipinski definition) is 1. The van der Waals surface area contributed by atoms with Crippen LogP contribution in [0.4, 0.5) is 5.95 Å². The van der Waals surface area contributed by atoms with Gasteiger partial charge >= 0.3 is 0 Å². The number of hydrogen-bond acceptors (Lipinski definition) is 5. The average Bonchev–Trinajstić information content (AvgIpc) is 2.39. The summed E-state index contributed by atoms with van der Waals surface area (Å²) in [6, 6.07) is 1.82. The molecule has 1 aromatic rings. The SMILES string of the molecule is COCC1CCN(c2nc(C)cc(C(N)=S)n2)CC1. The standard InChI is InChI=1S/C13H20N4OS/c1-9-7-11(12(14)19)16-13(15-9)17-5-3-10(4-6-17)8-18-2/h7,10H,3-6,8H2,1-2H3,(H2,14,19). The largest absolute Gasteiger partial charge is 0.388 e. The molecule has 6 heteroatoms. The molecule has 2 rings (SSSR count). The molecule has 2 N–H and O–H groups in total. The van der Waals surface area contributed by atoms with E-state index in [1.165, 1.54) is 0 Å². The molecule has 19 heavy (non-hydrogen) atoms. The number of rotatable bonds is 4. The monoisotopic (exact) mass is 280 g/mol. The maximum Gasteiger partial charge on any atom is 0.226 e. The number of ether oxygens (including phenoxy) is 1. The van der Waals surface area contributed by atoms with E-state index in [2.05, 4.69) is 14.9 Å². The van der Waals surface area contributed by atoms with E-state index < -0.39 is 0 Å². The number of aromatic nitrogens is 2. The molecule has 1 aliphatic rings. The van der Waals surface area contributed by atoms with Crippen LogP contribution >= 0.6 is 12.2 Å². The molecule has 0 saturated carbocycles. The van der Waals surface area contributed by atoms with Gasteiger partial charge in [-0.3, -0.25) is 0 Å². The van der Waals surface area contributed by atoms with Crippen LogP contribution in [0.2, 0.25) is 0 Å². The summed E-state index contributed by atoms with van der Waals surface area (Å²) >= 11 is 4.99. The fourth-order valence-electron chi connectivity index (χ4n) is 2.36. The number of nitrogens with two attached hydrogens (primary N) is 1. The average molecular weight is 280 g/mol. The van der Waals surface area contributed by atoms with Crippen molar-refractivity contribution in [2.45, 2.75) is 19.8 Å². The smallest absolute Gasteiger partial charge is 0.226 e. The van der Waals surface area contributed by atoms with Gasteiger partial charge in [-0.25, -0.2) is 9.97 Å². The fourth-order valence-corrected chi connectivity index (χ4v) is 2.46. The van der Waals surface area contributed by atoms with Crippen LogP contribution in [0.3, 0.4) is 0 Å². The van der Waals surface area contributed by atoms with Crippen molar-refractivity contribution >= 4 is 23.2 Å². The minimum absolute atomic E-state index is 0.320. The van der Waals surface area contributed by atoms with Crippen molar-refractivity contribution in [2.75, 3.05) is 31.7 Å². The van der Waals surface area contributed by atoms with Crippen molar-refractivity contribution in [3.63, 3.8) is 0 Å². The Kier molecular flexibility index (Phi) is 4.66. The highest BCUT2D eigenvalue weighted by Crippen LogP contribution is 2.21. The lowest BCUT2D eigenvalue weighted by molar-refractivity contribution is 0.139. The maximum atomic E-state index is 5.65. The summed E-state index contributed by atoms with van der Waals surface area (Å²) in [4.78, 5) is 11.4. The van der Waals surface area contributed by atoms with Gasteiger partial charge in [0, 0.05) is 32.5 Å². The quantitative estimate of drug-likeness (QED) is 0.838. The Morgan fingerprint density at radius 3 is 2.74 bits per heavy atom.